The van der Waals surface area contributed by atoms with Crippen LogP contribution in [0.2, 0.25) is 0 Å². The van der Waals surface area contributed by atoms with Crippen molar-refractivity contribution in [1.29, 1.82) is 0 Å². The van der Waals surface area contributed by atoms with Crippen LogP contribution in [0.25, 0.3) is 11.1 Å². The van der Waals surface area contributed by atoms with E-state index in [0.717, 1.165) is 16.8 Å². The van der Waals surface area contributed by atoms with E-state index in [1.54, 1.807) is 10.7 Å². The average Bonchev–Trinajstić information content (AvgIpc) is 2.65. The first-order valence-electron chi connectivity index (χ1n) is 6.50. The second-order valence-corrected chi connectivity index (χ2v) is 5.31. The lowest BCUT2D eigenvalue weighted by molar-refractivity contribution is 0.517. The van der Waals surface area contributed by atoms with Crippen LogP contribution in [0, 0.1) is 11.7 Å². The molecule has 19 heavy (non-hydrogen) atoms. The smallest absolute Gasteiger partial charge is 0.129 e. The van der Waals surface area contributed by atoms with Crippen molar-refractivity contribution in [3.8, 4) is 11.1 Å². The van der Waals surface area contributed by atoms with Crippen molar-refractivity contribution in [3.05, 3.63) is 35.8 Å². The van der Waals surface area contributed by atoms with E-state index in [1.165, 1.54) is 12.1 Å². The van der Waals surface area contributed by atoms with Crippen LogP contribution in [0.15, 0.2) is 24.3 Å². The average molecular weight is 261 g/mol. The van der Waals surface area contributed by atoms with Gasteiger partial charge in [-0.15, -0.1) is 0 Å². The second kappa shape index (κ2) is 5.03. The lowest BCUT2D eigenvalue weighted by atomic mass is 9.90. The zero-order valence-corrected chi connectivity index (χ0v) is 11.8. The molecule has 0 bridgehead atoms. The predicted molar refractivity (Wildman–Crippen MR) is 76.3 cm³/mol. The number of aromatic nitrogens is 2. The van der Waals surface area contributed by atoms with Crippen LogP contribution in [0.4, 0.5) is 10.2 Å². The molecule has 0 amide bonds. The standard InChI is InChI=1S/C15H20FN3/c1-9(2)10(3)14-13(15(17)19(4)18-14)11-6-5-7-12(16)8-11/h5-10H,17H2,1-4H3. The van der Waals surface area contributed by atoms with Gasteiger partial charge in [0.15, 0.2) is 0 Å². The van der Waals surface area contributed by atoms with Crippen LogP contribution in [0.3, 0.4) is 0 Å². The normalized spacial score (nSPS) is 12.9. The van der Waals surface area contributed by atoms with Gasteiger partial charge in [0.25, 0.3) is 0 Å². The first-order valence-corrected chi connectivity index (χ1v) is 6.50. The lowest BCUT2D eigenvalue weighted by Gasteiger charge is -2.15. The van der Waals surface area contributed by atoms with E-state index in [2.05, 4.69) is 25.9 Å². The summed E-state index contributed by atoms with van der Waals surface area (Å²) >= 11 is 0. The highest BCUT2D eigenvalue weighted by Gasteiger charge is 2.22. The van der Waals surface area contributed by atoms with Gasteiger partial charge in [0.2, 0.25) is 0 Å². The van der Waals surface area contributed by atoms with Crippen molar-refractivity contribution in [2.24, 2.45) is 13.0 Å². The van der Waals surface area contributed by atoms with Gasteiger partial charge in [0.05, 0.1) is 5.69 Å². The summed E-state index contributed by atoms with van der Waals surface area (Å²) in [5.41, 5.74) is 8.67. The summed E-state index contributed by atoms with van der Waals surface area (Å²) in [6.45, 7) is 6.41. The molecule has 1 heterocycles. The molecule has 1 unspecified atom stereocenters. The van der Waals surface area contributed by atoms with Gasteiger partial charge in [0, 0.05) is 18.5 Å². The molecule has 0 radical (unpaired) electrons. The van der Waals surface area contributed by atoms with Crippen LogP contribution in [-0.4, -0.2) is 9.78 Å². The first kappa shape index (κ1) is 13.6. The maximum absolute atomic E-state index is 13.4. The summed E-state index contributed by atoms with van der Waals surface area (Å²) in [6.07, 6.45) is 0. The Morgan fingerprint density at radius 1 is 1.26 bits per heavy atom. The highest BCUT2D eigenvalue weighted by atomic mass is 19.1. The van der Waals surface area contributed by atoms with E-state index < -0.39 is 0 Å². The molecule has 2 rings (SSSR count). The summed E-state index contributed by atoms with van der Waals surface area (Å²) in [4.78, 5) is 0. The Labute approximate surface area is 113 Å². The molecule has 1 aromatic heterocycles. The van der Waals surface area contributed by atoms with Gasteiger partial charge in [-0.1, -0.05) is 32.9 Å². The van der Waals surface area contributed by atoms with E-state index >= 15 is 0 Å². The van der Waals surface area contributed by atoms with Gasteiger partial charge in [-0.3, -0.25) is 4.68 Å². The molecule has 3 nitrogen and oxygen atoms in total. The maximum Gasteiger partial charge on any atom is 0.129 e. The number of aryl methyl sites for hydroxylation is 1. The van der Waals surface area contributed by atoms with Gasteiger partial charge >= 0.3 is 0 Å². The Kier molecular flexibility index (Phi) is 3.60. The van der Waals surface area contributed by atoms with Gasteiger partial charge < -0.3 is 5.73 Å². The number of hydrogen-bond donors (Lipinski definition) is 1. The number of nitrogens with zero attached hydrogens (tertiary/aromatic N) is 2. The van der Waals surface area contributed by atoms with Crippen molar-refractivity contribution >= 4 is 5.82 Å². The van der Waals surface area contributed by atoms with E-state index in [4.69, 9.17) is 5.73 Å². The number of anilines is 1. The van der Waals surface area contributed by atoms with Gasteiger partial charge in [-0.05, 0) is 23.6 Å². The quantitative estimate of drug-likeness (QED) is 0.918. The fraction of sp³-hybridized carbons (Fsp3) is 0.400. The third-order valence-electron chi connectivity index (χ3n) is 3.66. The van der Waals surface area contributed by atoms with Crippen LogP contribution in [-0.2, 0) is 7.05 Å². The molecule has 0 spiro atoms. The Hall–Kier alpha value is -1.84. The topological polar surface area (TPSA) is 43.8 Å². The lowest BCUT2D eigenvalue weighted by Crippen LogP contribution is -2.05. The third-order valence-corrected chi connectivity index (χ3v) is 3.66. The zero-order valence-electron chi connectivity index (χ0n) is 11.8. The predicted octanol–water partition coefficient (Wildman–Crippen LogP) is 3.57. The maximum atomic E-state index is 13.4. The summed E-state index contributed by atoms with van der Waals surface area (Å²) in [5, 5.41) is 4.51. The van der Waals surface area contributed by atoms with Gasteiger partial charge in [-0.2, -0.15) is 5.10 Å². The van der Waals surface area contributed by atoms with E-state index in [0.29, 0.717) is 11.7 Å². The molecular weight excluding hydrogens is 241 g/mol. The van der Waals surface area contributed by atoms with Crippen LogP contribution >= 0.6 is 0 Å². The summed E-state index contributed by atoms with van der Waals surface area (Å²) in [6, 6.07) is 6.50. The molecule has 0 aliphatic rings. The number of halogens is 1. The zero-order chi connectivity index (χ0) is 14.2. The minimum absolute atomic E-state index is 0.260. The minimum atomic E-state index is -0.260. The summed E-state index contributed by atoms with van der Waals surface area (Å²) in [5.74, 6) is 1.03. The third kappa shape index (κ3) is 2.48. The minimum Gasteiger partial charge on any atom is -0.383 e. The molecule has 1 aromatic carbocycles. The largest absolute Gasteiger partial charge is 0.383 e. The Bertz CT molecular complexity index is 587. The Morgan fingerprint density at radius 3 is 2.53 bits per heavy atom. The molecule has 4 heteroatoms. The summed E-state index contributed by atoms with van der Waals surface area (Å²) in [7, 11) is 1.81. The molecule has 102 valence electrons. The van der Waals surface area contributed by atoms with Crippen LogP contribution < -0.4 is 5.73 Å². The number of nitrogens with two attached hydrogens (primary N) is 1. The van der Waals surface area contributed by atoms with Crippen LogP contribution in [0.1, 0.15) is 32.4 Å². The van der Waals surface area contributed by atoms with Crippen molar-refractivity contribution in [2.75, 3.05) is 5.73 Å². The number of nitrogen functional groups attached to an aromatic ring is 1. The monoisotopic (exact) mass is 261 g/mol. The molecule has 0 aliphatic carbocycles. The Balaban J connectivity index is 2.62. The fourth-order valence-electron chi connectivity index (χ4n) is 2.13. The SMILES string of the molecule is CC(C)C(C)c1nn(C)c(N)c1-c1cccc(F)c1. The molecule has 0 aliphatic heterocycles. The second-order valence-electron chi connectivity index (χ2n) is 5.31. The van der Waals surface area contributed by atoms with Gasteiger partial charge in [-0.25, -0.2) is 4.39 Å². The fourth-order valence-corrected chi connectivity index (χ4v) is 2.13. The number of rotatable bonds is 3. The Morgan fingerprint density at radius 2 is 1.95 bits per heavy atom. The van der Waals surface area contributed by atoms with Crippen molar-refractivity contribution < 1.29 is 4.39 Å². The number of benzene rings is 1. The molecule has 0 saturated heterocycles. The highest BCUT2D eigenvalue weighted by molar-refractivity contribution is 5.77. The van der Waals surface area contributed by atoms with Crippen molar-refractivity contribution in [3.63, 3.8) is 0 Å². The first-order chi connectivity index (χ1) is 8.91. The molecule has 1 atom stereocenters. The van der Waals surface area contributed by atoms with Gasteiger partial charge in [0.1, 0.15) is 11.6 Å². The molecule has 2 aromatic rings. The van der Waals surface area contributed by atoms with Crippen molar-refractivity contribution in [2.45, 2.75) is 26.7 Å². The molecular formula is C15H20FN3. The van der Waals surface area contributed by atoms with E-state index in [9.17, 15) is 4.39 Å². The van der Waals surface area contributed by atoms with Crippen molar-refractivity contribution in [1.82, 2.24) is 9.78 Å². The van der Waals surface area contributed by atoms with E-state index in [1.807, 2.05) is 13.1 Å². The molecule has 0 saturated carbocycles. The summed E-state index contributed by atoms with van der Waals surface area (Å²) < 4.78 is 15.1. The van der Waals surface area contributed by atoms with Crippen LogP contribution in [0.5, 0.6) is 0 Å². The molecule has 2 N–H and O–H groups in total. The number of hydrogen-bond acceptors (Lipinski definition) is 2. The highest BCUT2D eigenvalue weighted by Crippen LogP contribution is 2.36. The van der Waals surface area contributed by atoms with E-state index in [-0.39, 0.29) is 11.7 Å². The molecule has 0 fully saturated rings.